The molecule has 0 aliphatic carbocycles. The molecule has 0 spiro atoms. The first-order valence-electron chi connectivity index (χ1n) is 5.86. The van der Waals surface area contributed by atoms with Crippen LogP contribution in [0.1, 0.15) is 18.9 Å². The fourth-order valence-corrected chi connectivity index (χ4v) is 1.63. The number of nitrogens with two attached hydrogens (primary N) is 1. The molecule has 3 N–H and O–H groups in total. The molecule has 0 saturated carbocycles. The van der Waals surface area contributed by atoms with Crippen LogP contribution in [0.3, 0.4) is 0 Å². The van der Waals surface area contributed by atoms with Crippen LogP contribution < -0.4 is 10.5 Å². The topological polar surface area (TPSA) is 75.8 Å². The summed E-state index contributed by atoms with van der Waals surface area (Å²) in [7, 11) is 3.19. The number of rotatable bonds is 5. The molecule has 0 radical (unpaired) electrons. The Morgan fingerprint density at radius 1 is 1.53 bits per heavy atom. The average molecular weight is 289 g/mol. The van der Waals surface area contributed by atoms with Crippen molar-refractivity contribution in [1.82, 2.24) is 4.90 Å². The summed E-state index contributed by atoms with van der Waals surface area (Å²) < 4.78 is 5.02. The molecule has 0 unspecified atom stereocenters. The minimum Gasteiger partial charge on any atom is -0.504 e. The lowest BCUT2D eigenvalue weighted by Crippen LogP contribution is -2.40. The van der Waals surface area contributed by atoms with E-state index >= 15 is 0 Å². The number of aromatic hydroxyl groups is 1. The summed E-state index contributed by atoms with van der Waals surface area (Å²) in [6, 6.07) is 4.54. The highest BCUT2D eigenvalue weighted by Crippen LogP contribution is 2.26. The lowest BCUT2D eigenvalue weighted by Gasteiger charge is -2.21. The molecule has 0 bridgehead atoms. The Kier molecular flexibility index (Phi) is 7.26. The van der Waals surface area contributed by atoms with Gasteiger partial charge in [0.15, 0.2) is 11.5 Å². The van der Waals surface area contributed by atoms with E-state index in [0.29, 0.717) is 18.7 Å². The molecule has 0 aromatic heterocycles. The number of methoxy groups -OCH3 is 1. The van der Waals surface area contributed by atoms with Gasteiger partial charge in [-0.05, 0) is 24.1 Å². The van der Waals surface area contributed by atoms with Crippen LogP contribution in [0.5, 0.6) is 11.5 Å². The summed E-state index contributed by atoms with van der Waals surface area (Å²) in [5.74, 6) is 0.387. The zero-order chi connectivity index (χ0) is 13.7. The third-order valence-electron chi connectivity index (χ3n) is 2.80. The van der Waals surface area contributed by atoms with E-state index in [2.05, 4.69) is 0 Å². The second-order valence-electron chi connectivity index (χ2n) is 4.22. The first kappa shape index (κ1) is 17.5. The van der Waals surface area contributed by atoms with Crippen molar-refractivity contribution in [3.63, 3.8) is 0 Å². The molecule has 1 aromatic carbocycles. The van der Waals surface area contributed by atoms with E-state index in [1.165, 1.54) is 7.11 Å². The van der Waals surface area contributed by atoms with Crippen LogP contribution in [0.2, 0.25) is 0 Å². The third-order valence-corrected chi connectivity index (χ3v) is 2.80. The predicted octanol–water partition coefficient (Wildman–Crippen LogP) is 1.52. The Balaban J connectivity index is 0.00000324. The molecule has 1 atom stereocenters. The SMILES string of the molecule is CC[C@H](N)C(=O)N(C)Cc1ccc(O)c(OC)c1.Cl. The summed E-state index contributed by atoms with van der Waals surface area (Å²) in [4.78, 5) is 13.4. The zero-order valence-corrected chi connectivity index (χ0v) is 12.2. The van der Waals surface area contributed by atoms with E-state index in [4.69, 9.17) is 10.5 Å². The van der Waals surface area contributed by atoms with Gasteiger partial charge in [-0.1, -0.05) is 13.0 Å². The van der Waals surface area contributed by atoms with E-state index in [1.807, 2.05) is 6.92 Å². The minimum absolute atomic E-state index is 0. The number of carbonyl (C=O) groups is 1. The molecule has 0 heterocycles. The standard InChI is InChI=1S/C13H20N2O3.ClH/c1-4-10(14)13(17)15(2)8-9-5-6-11(16)12(7-9)18-3;/h5-7,10,16H,4,8,14H2,1-3H3;1H/t10-;/m0./s1. The van der Waals surface area contributed by atoms with E-state index in [0.717, 1.165) is 5.56 Å². The van der Waals surface area contributed by atoms with Gasteiger partial charge in [0.25, 0.3) is 0 Å². The van der Waals surface area contributed by atoms with E-state index in [1.54, 1.807) is 30.1 Å². The molecule has 0 aliphatic rings. The van der Waals surface area contributed by atoms with Crippen molar-refractivity contribution in [2.45, 2.75) is 25.9 Å². The first-order valence-corrected chi connectivity index (χ1v) is 5.86. The second-order valence-corrected chi connectivity index (χ2v) is 4.22. The van der Waals surface area contributed by atoms with Gasteiger partial charge in [0.2, 0.25) is 5.91 Å². The van der Waals surface area contributed by atoms with Crippen molar-refractivity contribution in [2.75, 3.05) is 14.2 Å². The third kappa shape index (κ3) is 4.61. The minimum atomic E-state index is -0.464. The smallest absolute Gasteiger partial charge is 0.239 e. The number of nitrogens with zero attached hydrogens (tertiary/aromatic N) is 1. The van der Waals surface area contributed by atoms with Gasteiger partial charge in [0.1, 0.15) is 0 Å². The normalized spacial score (nSPS) is 11.4. The Bertz CT molecular complexity index is 426. The van der Waals surface area contributed by atoms with Crippen LogP contribution in [-0.4, -0.2) is 36.1 Å². The Labute approximate surface area is 119 Å². The largest absolute Gasteiger partial charge is 0.504 e. The molecule has 19 heavy (non-hydrogen) atoms. The van der Waals surface area contributed by atoms with Crippen molar-refractivity contribution in [3.05, 3.63) is 23.8 Å². The number of amides is 1. The fourth-order valence-electron chi connectivity index (χ4n) is 1.63. The molecule has 0 fully saturated rings. The molecular formula is C13H21ClN2O3. The number of ether oxygens (including phenoxy) is 1. The number of benzene rings is 1. The quantitative estimate of drug-likeness (QED) is 0.861. The zero-order valence-electron chi connectivity index (χ0n) is 11.4. The van der Waals surface area contributed by atoms with Gasteiger partial charge in [-0.3, -0.25) is 4.79 Å². The van der Waals surface area contributed by atoms with Gasteiger partial charge in [-0.25, -0.2) is 0 Å². The molecule has 6 heteroatoms. The van der Waals surface area contributed by atoms with Crippen LogP contribution in [0.15, 0.2) is 18.2 Å². The van der Waals surface area contributed by atoms with Crippen molar-refractivity contribution in [1.29, 1.82) is 0 Å². The van der Waals surface area contributed by atoms with Gasteiger partial charge < -0.3 is 20.5 Å². The summed E-state index contributed by atoms with van der Waals surface area (Å²) in [5.41, 5.74) is 6.57. The molecule has 5 nitrogen and oxygen atoms in total. The van der Waals surface area contributed by atoms with Crippen molar-refractivity contribution in [2.24, 2.45) is 5.73 Å². The number of hydrogen-bond acceptors (Lipinski definition) is 4. The molecular weight excluding hydrogens is 268 g/mol. The maximum atomic E-state index is 11.8. The maximum absolute atomic E-state index is 11.8. The fraction of sp³-hybridized carbons (Fsp3) is 0.462. The van der Waals surface area contributed by atoms with E-state index in [9.17, 15) is 9.90 Å². The number of phenols is 1. The molecule has 1 rings (SSSR count). The Morgan fingerprint density at radius 3 is 2.68 bits per heavy atom. The molecule has 108 valence electrons. The van der Waals surface area contributed by atoms with Gasteiger partial charge in [-0.15, -0.1) is 12.4 Å². The van der Waals surface area contributed by atoms with Crippen LogP contribution in [0.4, 0.5) is 0 Å². The average Bonchev–Trinajstić information content (AvgIpc) is 2.38. The lowest BCUT2D eigenvalue weighted by molar-refractivity contribution is -0.131. The highest BCUT2D eigenvalue weighted by atomic mass is 35.5. The van der Waals surface area contributed by atoms with Gasteiger partial charge >= 0.3 is 0 Å². The van der Waals surface area contributed by atoms with Crippen LogP contribution >= 0.6 is 12.4 Å². The predicted molar refractivity (Wildman–Crippen MR) is 76.6 cm³/mol. The number of phenolic OH excluding ortho intramolecular Hbond substituents is 1. The van der Waals surface area contributed by atoms with Gasteiger partial charge in [0, 0.05) is 13.6 Å². The number of carbonyl (C=O) groups excluding carboxylic acids is 1. The van der Waals surface area contributed by atoms with Crippen molar-refractivity contribution in [3.8, 4) is 11.5 Å². The summed E-state index contributed by atoms with van der Waals surface area (Å²) in [5, 5.41) is 9.48. The van der Waals surface area contributed by atoms with E-state index < -0.39 is 6.04 Å². The highest BCUT2D eigenvalue weighted by Gasteiger charge is 2.16. The van der Waals surface area contributed by atoms with E-state index in [-0.39, 0.29) is 24.1 Å². The van der Waals surface area contributed by atoms with Gasteiger partial charge in [0.05, 0.1) is 13.2 Å². The monoisotopic (exact) mass is 288 g/mol. The van der Waals surface area contributed by atoms with Crippen LogP contribution in [0, 0.1) is 0 Å². The summed E-state index contributed by atoms with van der Waals surface area (Å²) >= 11 is 0. The summed E-state index contributed by atoms with van der Waals surface area (Å²) in [6.07, 6.45) is 0.613. The maximum Gasteiger partial charge on any atom is 0.239 e. The highest BCUT2D eigenvalue weighted by molar-refractivity contribution is 5.85. The Hall–Kier alpha value is -1.46. The van der Waals surface area contributed by atoms with Crippen LogP contribution in [0.25, 0.3) is 0 Å². The van der Waals surface area contributed by atoms with Gasteiger partial charge in [-0.2, -0.15) is 0 Å². The second kappa shape index (κ2) is 7.86. The Morgan fingerprint density at radius 2 is 2.16 bits per heavy atom. The molecule has 0 aliphatic heterocycles. The lowest BCUT2D eigenvalue weighted by atomic mass is 10.1. The van der Waals surface area contributed by atoms with Crippen LogP contribution in [-0.2, 0) is 11.3 Å². The summed E-state index contributed by atoms with van der Waals surface area (Å²) in [6.45, 7) is 2.31. The van der Waals surface area contributed by atoms with Crippen molar-refractivity contribution < 1.29 is 14.6 Å². The van der Waals surface area contributed by atoms with Crippen molar-refractivity contribution >= 4 is 18.3 Å². The molecule has 1 amide bonds. The first-order chi connectivity index (χ1) is 8.49. The number of hydrogen-bond donors (Lipinski definition) is 2. The molecule has 0 saturated heterocycles. The number of halogens is 1. The number of likely N-dealkylation sites (N-methyl/N-ethyl adjacent to an activating group) is 1. The molecule has 1 aromatic rings.